The third kappa shape index (κ3) is 4.53. The van der Waals surface area contributed by atoms with Crippen LogP contribution < -0.4 is 10.1 Å². The Morgan fingerprint density at radius 2 is 2.11 bits per heavy atom. The monoisotopic (exact) mass is 258 g/mol. The van der Waals surface area contributed by atoms with Gasteiger partial charge in [0, 0.05) is 19.0 Å². The molecule has 0 unspecified atom stereocenters. The molecular weight excluding hydrogens is 245 g/mol. The van der Waals surface area contributed by atoms with Crippen LogP contribution in [0.15, 0.2) is 18.2 Å². The molecule has 0 bridgehead atoms. The molecule has 3 nitrogen and oxygen atoms in total. The highest BCUT2D eigenvalue weighted by Gasteiger charge is 2.25. The van der Waals surface area contributed by atoms with Gasteiger partial charge in [-0.3, -0.25) is 0 Å². The minimum absolute atomic E-state index is 0.0361. The molecule has 1 aromatic carbocycles. The van der Waals surface area contributed by atoms with Gasteiger partial charge in [-0.25, -0.2) is 0 Å². The van der Waals surface area contributed by atoms with Gasteiger partial charge < -0.3 is 10.1 Å². The number of benzene rings is 1. The maximum Gasteiger partial charge on any atom is 0.389 e. The van der Waals surface area contributed by atoms with E-state index in [9.17, 15) is 13.2 Å². The van der Waals surface area contributed by atoms with Crippen molar-refractivity contribution in [2.75, 3.05) is 19.0 Å². The highest BCUT2D eigenvalue weighted by molar-refractivity contribution is 5.60. The van der Waals surface area contributed by atoms with Gasteiger partial charge in [0.1, 0.15) is 11.8 Å². The van der Waals surface area contributed by atoms with Gasteiger partial charge in [0.15, 0.2) is 0 Å². The van der Waals surface area contributed by atoms with Crippen molar-refractivity contribution in [1.82, 2.24) is 0 Å². The zero-order chi connectivity index (χ0) is 13.6. The molecule has 0 aromatic heterocycles. The van der Waals surface area contributed by atoms with Crippen molar-refractivity contribution in [2.24, 2.45) is 0 Å². The van der Waals surface area contributed by atoms with E-state index in [1.54, 1.807) is 18.2 Å². The molecule has 98 valence electrons. The van der Waals surface area contributed by atoms with Gasteiger partial charge in [0.25, 0.3) is 0 Å². The Balaban J connectivity index is 2.58. The molecule has 6 heteroatoms. The van der Waals surface area contributed by atoms with E-state index >= 15 is 0 Å². The standard InChI is InChI=1S/C12H13F3N2O/c1-18-10-4-3-9(8-16)11(7-10)17-6-2-5-12(13,14)15/h3-4,7,17H,2,5-6H2,1H3. The number of ether oxygens (including phenoxy) is 1. The number of alkyl halides is 3. The number of anilines is 1. The third-order valence-corrected chi connectivity index (χ3v) is 2.30. The van der Waals surface area contributed by atoms with E-state index in [1.807, 2.05) is 6.07 Å². The van der Waals surface area contributed by atoms with Gasteiger partial charge in [-0.2, -0.15) is 18.4 Å². The van der Waals surface area contributed by atoms with Crippen LogP contribution in [0, 0.1) is 11.3 Å². The van der Waals surface area contributed by atoms with Crippen molar-refractivity contribution < 1.29 is 17.9 Å². The van der Waals surface area contributed by atoms with Crippen molar-refractivity contribution in [3.8, 4) is 11.8 Å². The lowest BCUT2D eigenvalue weighted by atomic mass is 10.2. The smallest absolute Gasteiger partial charge is 0.389 e. The van der Waals surface area contributed by atoms with Gasteiger partial charge in [-0.05, 0) is 18.6 Å². The Hall–Kier alpha value is -1.90. The number of nitrogens with one attached hydrogen (secondary N) is 1. The van der Waals surface area contributed by atoms with Crippen LogP contribution >= 0.6 is 0 Å². The summed E-state index contributed by atoms with van der Waals surface area (Å²) in [6.45, 7) is 0.154. The predicted octanol–water partition coefficient (Wildman–Crippen LogP) is 3.32. The largest absolute Gasteiger partial charge is 0.497 e. The summed E-state index contributed by atoms with van der Waals surface area (Å²) in [7, 11) is 1.48. The van der Waals surface area contributed by atoms with Gasteiger partial charge in [-0.15, -0.1) is 0 Å². The molecule has 0 heterocycles. The number of hydrogen-bond donors (Lipinski definition) is 1. The highest BCUT2D eigenvalue weighted by Crippen LogP contribution is 2.23. The van der Waals surface area contributed by atoms with Crippen LogP contribution in [0.1, 0.15) is 18.4 Å². The lowest BCUT2D eigenvalue weighted by molar-refractivity contribution is -0.134. The number of rotatable bonds is 5. The Labute approximate surface area is 103 Å². The molecular formula is C12H13F3N2O. The molecule has 0 atom stereocenters. The molecule has 1 rings (SSSR count). The average molecular weight is 258 g/mol. The zero-order valence-corrected chi connectivity index (χ0v) is 9.84. The van der Waals surface area contributed by atoms with Gasteiger partial charge in [0.2, 0.25) is 0 Å². The van der Waals surface area contributed by atoms with Gasteiger partial charge in [0.05, 0.1) is 18.4 Å². The number of halogens is 3. The molecule has 0 aliphatic carbocycles. The van der Waals surface area contributed by atoms with Crippen LogP contribution in [0.2, 0.25) is 0 Å². The van der Waals surface area contributed by atoms with E-state index in [2.05, 4.69) is 5.32 Å². The summed E-state index contributed by atoms with van der Waals surface area (Å²) in [6.07, 6.45) is -5.02. The molecule has 0 saturated carbocycles. The van der Waals surface area contributed by atoms with Gasteiger partial charge in [-0.1, -0.05) is 0 Å². The molecule has 0 radical (unpaired) electrons. The Bertz CT molecular complexity index is 438. The minimum atomic E-state index is -4.14. The van der Waals surface area contributed by atoms with E-state index in [0.717, 1.165) is 0 Å². The van der Waals surface area contributed by atoms with Gasteiger partial charge >= 0.3 is 6.18 Å². The molecule has 1 N–H and O–H groups in total. The fraction of sp³-hybridized carbons (Fsp3) is 0.417. The Kier molecular flexibility index (Phi) is 4.84. The van der Waals surface area contributed by atoms with Crippen LogP contribution in [0.4, 0.5) is 18.9 Å². The second-order valence-corrected chi connectivity index (χ2v) is 3.67. The summed E-state index contributed by atoms with van der Waals surface area (Å²) in [5, 5.41) is 11.7. The number of hydrogen-bond acceptors (Lipinski definition) is 3. The molecule has 1 aromatic rings. The van der Waals surface area contributed by atoms with E-state index in [4.69, 9.17) is 10.00 Å². The Morgan fingerprint density at radius 1 is 1.39 bits per heavy atom. The summed E-state index contributed by atoms with van der Waals surface area (Å²) < 4.78 is 40.8. The maximum absolute atomic E-state index is 11.9. The van der Waals surface area contributed by atoms with Crippen LogP contribution in [0.5, 0.6) is 5.75 Å². The van der Waals surface area contributed by atoms with E-state index in [-0.39, 0.29) is 13.0 Å². The first-order valence-electron chi connectivity index (χ1n) is 5.35. The second-order valence-electron chi connectivity index (χ2n) is 3.67. The molecule has 0 fully saturated rings. The van der Waals surface area contributed by atoms with Crippen molar-refractivity contribution in [1.29, 1.82) is 5.26 Å². The molecule has 18 heavy (non-hydrogen) atoms. The normalized spacial score (nSPS) is 10.8. The summed E-state index contributed by atoms with van der Waals surface area (Å²) in [5.74, 6) is 0.548. The molecule has 0 spiro atoms. The maximum atomic E-state index is 11.9. The SMILES string of the molecule is COc1ccc(C#N)c(NCCCC(F)(F)F)c1. The number of nitriles is 1. The first-order valence-corrected chi connectivity index (χ1v) is 5.35. The fourth-order valence-corrected chi connectivity index (χ4v) is 1.41. The lowest BCUT2D eigenvalue weighted by Gasteiger charge is -2.10. The summed E-state index contributed by atoms with van der Waals surface area (Å²) >= 11 is 0. The number of nitrogens with zero attached hydrogens (tertiary/aromatic N) is 1. The quantitative estimate of drug-likeness (QED) is 0.824. The van der Waals surface area contributed by atoms with Crippen LogP contribution in [0.3, 0.4) is 0 Å². The lowest BCUT2D eigenvalue weighted by Crippen LogP contribution is -2.11. The van der Waals surface area contributed by atoms with Crippen LogP contribution in [-0.2, 0) is 0 Å². The minimum Gasteiger partial charge on any atom is -0.497 e. The van der Waals surface area contributed by atoms with Crippen LogP contribution in [-0.4, -0.2) is 19.8 Å². The van der Waals surface area contributed by atoms with Crippen molar-refractivity contribution in [3.05, 3.63) is 23.8 Å². The molecule has 0 aliphatic heterocycles. The van der Waals surface area contributed by atoms with Crippen molar-refractivity contribution >= 4 is 5.69 Å². The first-order chi connectivity index (χ1) is 8.46. The first kappa shape index (κ1) is 14.2. The van der Waals surface area contributed by atoms with Crippen molar-refractivity contribution in [3.63, 3.8) is 0 Å². The zero-order valence-electron chi connectivity index (χ0n) is 9.84. The second kappa shape index (κ2) is 6.15. The third-order valence-electron chi connectivity index (χ3n) is 2.30. The van der Waals surface area contributed by atoms with Crippen LogP contribution in [0.25, 0.3) is 0 Å². The predicted molar refractivity (Wildman–Crippen MR) is 61.5 cm³/mol. The Morgan fingerprint density at radius 3 is 2.67 bits per heavy atom. The molecule has 0 saturated heterocycles. The van der Waals surface area contributed by atoms with E-state index in [1.165, 1.54) is 7.11 Å². The van der Waals surface area contributed by atoms with E-state index < -0.39 is 12.6 Å². The topological polar surface area (TPSA) is 45.0 Å². The number of methoxy groups -OCH3 is 1. The van der Waals surface area contributed by atoms with Crippen molar-refractivity contribution in [2.45, 2.75) is 19.0 Å². The van der Waals surface area contributed by atoms with E-state index in [0.29, 0.717) is 17.0 Å². The summed E-state index contributed by atoms with van der Waals surface area (Å²) in [6, 6.07) is 6.74. The highest BCUT2D eigenvalue weighted by atomic mass is 19.4. The molecule has 0 amide bonds. The molecule has 0 aliphatic rings. The average Bonchev–Trinajstić information content (AvgIpc) is 2.33. The summed E-state index contributed by atoms with van der Waals surface area (Å²) in [5.41, 5.74) is 0.863. The fourth-order valence-electron chi connectivity index (χ4n) is 1.41. The summed E-state index contributed by atoms with van der Waals surface area (Å²) in [4.78, 5) is 0.